The number of hydrogen-bond acceptors (Lipinski definition) is 3. The van der Waals surface area contributed by atoms with E-state index in [1.165, 1.54) is 12.8 Å². The fraction of sp³-hybridized carbons (Fsp3) is 0.357. The second-order valence-electron chi connectivity index (χ2n) is 4.54. The Kier molecular flexibility index (Phi) is 2.69. The second-order valence-corrected chi connectivity index (χ2v) is 4.54. The highest BCUT2D eigenvalue weighted by Gasteiger charge is 2.20. The van der Waals surface area contributed by atoms with Crippen LogP contribution in [0.15, 0.2) is 39.5 Å². The standard InChI is InChI=1S/C14H15NO2/c16-14-12(10-15-8-4-5-9-15)11-6-2-1-3-7-13(11)17-14/h1-3,6-7H,4-5,8-10H2. The molecule has 2 heterocycles. The minimum Gasteiger partial charge on any atom is -0.422 e. The van der Waals surface area contributed by atoms with E-state index >= 15 is 0 Å². The van der Waals surface area contributed by atoms with Gasteiger partial charge in [0.2, 0.25) is 0 Å². The Balaban J connectivity index is 2.00. The van der Waals surface area contributed by atoms with Crippen molar-refractivity contribution in [3.63, 3.8) is 0 Å². The Morgan fingerprint density at radius 3 is 2.71 bits per heavy atom. The predicted molar refractivity (Wildman–Crippen MR) is 66.1 cm³/mol. The van der Waals surface area contributed by atoms with E-state index < -0.39 is 0 Å². The summed E-state index contributed by atoms with van der Waals surface area (Å²) in [5, 5.41) is 0. The van der Waals surface area contributed by atoms with Crippen LogP contribution in [0.4, 0.5) is 0 Å². The van der Waals surface area contributed by atoms with Gasteiger partial charge in [0, 0.05) is 12.1 Å². The van der Waals surface area contributed by atoms with Crippen molar-refractivity contribution in [2.24, 2.45) is 0 Å². The summed E-state index contributed by atoms with van der Waals surface area (Å²) in [6.45, 7) is 2.89. The third kappa shape index (κ3) is 1.98. The molecule has 0 aromatic carbocycles. The fourth-order valence-corrected chi connectivity index (χ4v) is 2.45. The third-order valence-corrected chi connectivity index (χ3v) is 3.35. The molecule has 1 saturated heterocycles. The smallest absolute Gasteiger partial charge is 0.341 e. The van der Waals surface area contributed by atoms with E-state index in [0.717, 1.165) is 30.8 Å². The van der Waals surface area contributed by atoms with Gasteiger partial charge in [-0.15, -0.1) is 0 Å². The molecule has 1 fully saturated rings. The zero-order valence-electron chi connectivity index (χ0n) is 9.69. The summed E-state index contributed by atoms with van der Waals surface area (Å²) >= 11 is 0. The molecule has 0 radical (unpaired) electrons. The molecule has 3 heteroatoms. The highest BCUT2D eigenvalue weighted by molar-refractivity contribution is 5.62. The summed E-state index contributed by atoms with van der Waals surface area (Å²) in [5.74, 6) is 0.689. The van der Waals surface area contributed by atoms with E-state index in [2.05, 4.69) is 4.90 Å². The van der Waals surface area contributed by atoms with Crippen molar-refractivity contribution < 1.29 is 4.42 Å². The predicted octanol–water partition coefficient (Wildman–Crippen LogP) is 2.34. The first-order chi connectivity index (χ1) is 8.34. The number of nitrogens with zero attached hydrogens (tertiary/aromatic N) is 1. The first kappa shape index (κ1) is 10.5. The van der Waals surface area contributed by atoms with E-state index in [9.17, 15) is 4.79 Å². The topological polar surface area (TPSA) is 33.5 Å². The first-order valence-corrected chi connectivity index (χ1v) is 6.08. The van der Waals surface area contributed by atoms with Gasteiger partial charge in [-0.2, -0.15) is 0 Å². The molecule has 1 aliphatic carbocycles. The summed E-state index contributed by atoms with van der Waals surface area (Å²) in [4.78, 5) is 14.2. The van der Waals surface area contributed by atoms with E-state index in [-0.39, 0.29) is 5.63 Å². The molecule has 0 bridgehead atoms. The van der Waals surface area contributed by atoms with Crippen LogP contribution in [0.25, 0.3) is 11.3 Å². The highest BCUT2D eigenvalue weighted by atomic mass is 16.4. The lowest BCUT2D eigenvalue weighted by molar-refractivity contribution is 0.328. The lowest BCUT2D eigenvalue weighted by Gasteiger charge is -2.12. The van der Waals surface area contributed by atoms with E-state index in [1.807, 2.05) is 30.3 Å². The first-order valence-electron chi connectivity index (χ1n) is 6.08. The molecule has 0 aromatic heterocycles. The van der Waals surface area contributed by atoms with Gasteiger partial charge in [0.1, 0.15) is 5.76 Å². The monoisotopic (exact) mass is 229 g/mol. The van der Waals surface area contributed by atoms with Crippen molar-refractivity contribution in [2.45, 2.75) is 19.4 Å². The van der Waals surface area contributed by atoms with Crippen LogP contribution >= 0.6 is 0 Å². The molecule has 0 unspecified atom stereocenters. The molecule has 88 valence electrons. The Hall–Kier alpha value is -1.61. The lowest BCUT2D eigenvalue weighted by atomic mass is 10.1. The number of likely N-dealkylation sites (tertiary alicyclic amines) is 1. The van der Waals surface area contributed by atoms with Crippen molar-refractivity contribution >= 4 is 0 Å². The minimum absolute atomic E-state index is 0.182. The zero-order chi connectivity index (χ0) is 11.7. The van der Waals surface area contributed by atoms with Crippen LogP contribution in [-0.4, -0.2) is 18.0 Å². The van der Waals surface area contributed by atoms with Crippen LogP contribution in [0, 0.1) is 0 Å². The van der Waals surface area contributed by atoms with Gasteiger partial charge in [0.15, 0.2) is 0 Å². The highest BCUT2D eigenvalue weighted by Crippen LogP contribution is 2.25. The van der Waals surface area contributed by atoms with Gasteiger partial charge in [-0.25, -0.2) is 4.79 Å². The number of rotatable bonds is 2. The third-order valence-electron chi connectivity index (χ3n) is 3.35. The number of hydrogen-bond donors (Lipinski definition) is 0. The molecule has 0 atom stereocenters. The summed E-state index contributed by atoms with van der Waals surface area (Å²) in [5.41, 5.74) is 1.57. The van der Waals surface area contributed by atoms with Gasteiger partial charge in [-0.1, -0.05) is 24.3 Å². The van der Waals surface area contributed by atoms with E-state index in [0.29, 0.717) is 5.76 Å². The normalized spacial score (nSPS) is 16.7. The summed E-state index contributed by atoms with van der Waals surface area (Å²) in [6.07, 6.45) is 2.47. The van der Waals surface area contributed by atoms with Crippen LogP contribution in [0.5, 0.6) is 0 Å². The Morgan fingerprint density at radius 1 is 1.12 bits per heavy atom. The summed E-state index contributed by atoms with van der Waals surface area (Å²) in [6, 6.07) is 9.60. The molecular weight excluding hydrogens is 214 g/mol. The van der Waals surface area contributed by atoms with E-state index in [4.69, 9.17) is 4.42 Å². The van der Waals surface area contributed by atoms with E-state index in [1.54, 1.807) is 0 Å². The summed E-state index contributed by atoms with van der Waals surface area (Å²) in [7, 11) is 0. The Morgan fingerprint density at radius 2 is 1.88 bits per heavy atom. The van der Waals surface area contributed by atoms with Crippen molar-refractivity contribution in [1.29, 1.82) is 0 Å². The van der Waals surface area contributed by atoms with Gasteiger partial charge < -0.3 is 4.42 Å². The average Bonchev–Trinajstić information content (AvgIpc) is 2.85. The molecule has 3 aliphatic rings. The van der Waals surface area contributed by atoms with Crippen molar-refractivity contribution in [1.82, 2.24) is 4.90 Å². The maximum Gasteiger partial charge on any atom is 0.341 e. The molecule has 17 heavy (non-hydrogen) atoms. The Bertz CT molecular complexity index is 540. The maximum atomic E-state index is 11.8. The number of furan rings is 1. The Labute approximate surface area is 100 Å². The molecular formula is C14H15NO2. The van der Waals surface area contributed by atoms with Gasteiger partial charge in [-0.3, -0.25) is 4.90 Å². The maximum absolute atomic E-state index is 11.8. The number of fused-ring (bicyclic) bond motifs is 1. The minimum atomic E-state index is -0.182. The van der Waals surface area contributed by atoms with Crippen molar-refractivity contribution in [3.05, 3.63) is 46.3 Å². The molecule has 0 aromatic rings. The van der Waals surface area contributed by atoms with Crippen molar-refractivity contribution in [3.8, 4) is 11.3 Å². The van der Waals surface area contributed by atoms with Gasteiger partial charge in [0.25, 0.3) is 0 Å². The van der Waals surface area contributed by atoms with Crippen molar-refractivity contribution in [2.75, 3.05) is 13.1 Å². The molecule has 0 saturated carbocycles. The summed E-state index contributed by atoms with van der Waals surface area (Å²) < 4.78 is 5.29. The molecule has 3 nitrogen and oxygen atoms in total. The molecule has 0 spiro atoms. The zero-order valence-corrected chi connectivity index (χ0v) is 9.69. The molecule has 0 N–H and O–H groups in total. The van der Waals surface area contributed by atoms with Gasteiger partial charge >= 0.3 is 5.63 Å². The molecule has 0 amide bonds. The van der Waals surface area contributed by atoms with Crippen LogP contribution in [0.1, 0.15) is 18.4 Å². The van der Waals surface area contributed by atoms with Crippen LogP contribution in [0.3, 0.4) is 0 Å². The molecule has 3 rings (SSSR count). The lowest BCUT2D eigenvalue weighted by Crippen LogP contribution is -2.21. The average molecular weight is 229 g/mol. The van der Waals surface area contributed by atoms with Crippen LogP contribution < -0.4 is 5.63 Å². The molecule has 2 aliphatic heterocycles. The van der Waals surface area contributed by atoms with Crippen LogP contribution in [-0.2, 0) is 6.54 Å². The van der Waals surface area contributed by atoms with Gasteiger partial charge in [0.05, 0.1) is 5.56 Å². The largest absolute Gasteiger partial charge is 0.422 e. The quantitative estimate of drug-likeness (QED) is 0.792. The SMILES string of the molecule is O=c1oc2cccccc-2c1CN1CCCC1. The second kappa shape index (κ2) is 4.34. The van der Waals surface area contributed by atoms with Crippen LogP contribution in [0.2, 0.25) is 0 Å². The van der Waals surface area contributed by atoms with Gasteiger partial charge in [-0.05, 0) is 32.0 Å². The fourth-order valence-electron chi connectivity index (χ4n) is 2.45.